The molecule has 0 spiro atoms. The van der Waals surface area contributed by atoms with Gasteiger partial charge in [-0.3, -0.25) is 0 Å². The second-order valence-electron chi connectivity index (χ2n) is 6.31. The van der Waals surface area contributed by atoms with E-state index in [0.29, 0.717) is 40.3 Å². The summed E-state index contributed by atoms with van der Waals surface area (Å²) in [5.74, 6) is 3.92. The van der Waals surface area contributed by atoms with Crippen LogP contribution in [-0.2, 0) is 0 Å². The Morgan fingerprint density at radius 3 is 2.31 bits per heavy atom. The molecule has 1 aromatic carbocycles. The standard InChI is InChI=1S/C20H21N5O4/c1-11-17-20(22-13-9-15(26-3)18(28-5)16(10-13)27-4)23-19(14-7-6-8-29-14)24-25(17)12(2)21-11/h6-10H,1-5H3,(H,22,23,24). The van der Waals surface area contributed by atoms with E-state index < -0.39 is 0 Å². The number of aromatic nitrogens is 4. The van der Waals surface area contributed by atoms with Crippen LogP contribution in [0.3, 0.4) is 0 Å². The smallest absolute Gasteiger partial charge is 0.217 e. The fourth-order valence-electron chi connectivity index (χ4n) is 3.22. The van der Waals surface area contributed by atoms with Gasteiger partial charge in [-0.25, -0.2) is 14.5 Å². The number of furan rings is 1. The van der Waals surface area contributed by atoms with Crippen LogP contribution in [0.2, 0.25) is 0 Å². The highest BCUT2D eigenvalue weighted by Crippen LogP contribution is 2.41. The quantitative estimate of drug-likeness (QED) is 0.527. The lowest BCUT2D eigenvalue weighted by Gasteiger charge is -2.15. The van der Waals surface area contributed by atoms with Crippen LogP contribution in [0.25, 0.3) is 17.1 Å². The van der Waals surface area contributed by atoms with Gasteiger partial charge in [0.05, 0.1) is 33.3 Å². The van der Waals surface area contributed by atoms with Gasteiger partial charge in [0.15, 0.2) is 23.1 Å². The Kier molecular flexibility index (Phi) is 4.71. The Morgan fingerprint density at radius 2 is 1.72 bits per heavy atom. The van der Waals surface area contributed by atoms with E-state index in [2.05, 4.69) is 20.4 Å². The Morgan fingerprint density at radius 1 is 1.00 bits per heavy atom. The number of methoxy groups -OCH3 is 3. The van der Waals surface area contributed by atoms with Gasteiger partial charge in [-0.05, 0) is 26.0 Å². The topological polar surface area (TPSA) is 95.9 Å². The molecule has 0 aliphatic heterocycles. The van der Waals surface area contributed by atoms with Crippen molar-refractivity contribution in [2.75, 3.05) is 26.6 Å². The minimum atomic E-state index is 0.443. The molecule has 3 aromatic heterocycles. The van der Waals surface area contributed by atoms with E-state index in [1.54, 1.807) is 38.2 Å². The summed E-state index contributed by atoms with van der Waals surface area (Å²) in [6.07, 6.45) is 1.58. The van der Waals surface area contributed by atoms with Crippen molar-refractivity contribution in [2.45, 2.75) is 13.8 Å². The summed E-state index contributed by atoms with van der Waals surface area (Å²) >= 11 is 0. The second kappa shape index (κ2) is 7.34. The van der Waals surface area contributed by atoms with Gasteiger partial charge in [0.2, 0.25) is 11.6 Å². The summed E-state index contributed by atoms with van der Waals surface area (Å²) in [7, 11) is 4.71. The number of rotatable bonds is 6. The number of aryl methyl sites for hydroxylation is 2. The van der Waals surface area contributed by atoms with Crippen molar-refractivity contribution in [3.8, 4) is 28.8 Å². The number of ether oxygens (including phenoxy) is 3. The number of hydrogen-bond donors (Lipinski definition) is 1. The lowest BCUT2D eigenvalue weighted by atomic mass is 10.2. The Hall–Kier alpha value is -3.75. The maximum atomic E-state index is 5.48. The molecule has 0 fully saturated rings. The number of nitrogens with one attached hydrogen (secondary N) is 1. The van der Waals surface area contributed by atoms with Crippen molar-refractivity contribution < 1.29 is 18.6 Å². The van der Waals surface area contributed by atoms with Gasteiger partial charge >= 0.3 is 0 Å². The third-order valence-corrected chi connectivity index (χ3v) is 4.50. The number of nitrogens with zero attached hydrogens (tertiary/aromatic N) is 4. The summed E-state index contributed by atoms with van der Waals surface area (Å²) in [6.45, 7) is 3.81. The molecule has 1 N–H and O–H groups in total. The molecule has 150 valence electrons. The minimum absolute atomic E-state index is 0.443. The highest BCUT2D eigenvalue weighted by atomic mass is 16.5. The first kappa shape index (κ1) is 18.6. The van der Waals surface area contributed by atoms with Gasteiger partial charge in [0.1, 0.15) is 11.3 Å². The van der Waals surface area contributed by atoms with Crippen molar-refractivity contribution in [2.24, 2.45) is 0 Å². The molecule has 0 radical (unpaired) electrons. The Bertz CT molecular complexity index is 1140. The summed E-state index contributed by atoms with van der Waals surface area (Å²) in [5.41, 5.74) is 2.29. The lowest BCUT2D eigenvalue weighted by molar-refractivity contribution is 0.324. The van der Waals surface area contributed by atoms with E-state index >= 15 is 0 Å². The summed E-state index contributed by atoms with van der Waals surface area (Å²) in [5, 5.41) is 7.91. The number of benzene rings is 1. The molecule has 9 heteroatoms. The van der Waals surface area contributed by atoms with E-state index in [0.717, 1.165) is 17.0 Å². The largest absolute Gasteiger partial charge is 0.493 e. The van der Waals surface area contributed by atoms with Gasteiger partial charge in [-0.2, -0.15) is 0 Å². The van der Waals surface area contributed by atoms with Gasteiger partial charge in [0.25, 0.3) is 0 Å². The molecule has 0 saturated heterocycles. The van der Waals surface area contributed by atoms with E-state index in [9.17, 15) is 0 Å². The molecular formula is C20H21N5O4. The molecule has 9 nitrogen and oxygen atoms in total. The van der Waals surface area contributed by atoms with Crippen LogP contribution in [0.15, 0.2) is 34.9 Å². The van der Waals surface area contributed by atoms with Crippen molar-refractivity contribution in [3.05, 3.63) is 42.0 Å². The summed E-state index contributed by atoms with van der Waals surface area (Å²) in [4.78, 5) is 9.21. The SMILES string of the molecule is COc1cc(Nc2nc(-c3ccco3)nn3c(C)nc(C)c23)cc(OC)c1OC. The Labute approximate surface area is 167 Å². The van der Waals surface area contributed by atoms with Crippen LogP contribution in [0.4, 0.5) is 11.5 Å². The van der Waals surface area contributed by atoms with Gasteiger partial charge in [-0.15, -0.1) is 5.10 Å². The van der Waals surface area contributed by atoms with Crippen molar-refractivity contribution in [1.82, 2.24) is 19.6 Å². The van der Waals surface area contributed by atoms with Crippen LogP contribution in [0, 0.1) is 13.8 Å². The summed E-state index contributed by atoms with van der Waals surface area (Å²) < 4.78 is 23.5. The number of hydrogen-bond acceptors (Lipinski definition) is 8. The van der Waals surface area contributed by atoms with Gasteiger partial charge in [-0.1, -0.05) is 0 Å². The van der Waals surface area contributed by atoms with E-state index in [1.165, 1.54) is 0 Å². The van der Waals surface area contributed by atoms with Crippen molar-refractivity contribution in [3.63, 3.8) is 0 Å². The number of anilines is 2. The van der Waals surface area contributed by atoms with Crippen LogP contribution in [0.5, 0.6) is 17.2 Å². The van der Waals surface area contributed by atoms with Gasteiger partial charge < -0.3 is 23.9 Å². The maximum absolute atomic E-state index is 5.48. The third kappa shape index (κ3) is 3.20. The average molecular weight is 395 g/mol. The molecule has 0 amide bonds. The first-order valence-electron chi connectivity index (χ1n) is 8.90. The predicted molar refractivity (Wildman–Crippen MR) is 107 cm³/mol. The molecule has 4 aromatic rings. The first-order valence-corrected chi connectivity index (χ1v) is 8.90. The normalized spacial score (nSPS) is 10.9. The molecule has 0 unspecified atom stereocenters. The highest BCUT2D eigenvalue weighted by molar-refractivity contribution is 5.78. The average Bonchev–Trinajstić information content (AvgIpc) is 3.35. The number of imidazole rings is 1. The zero-order valence-electron chi connectivity index (χ0n) is 16.8. The zero-order chi connectivity index (χ0) is 20.5. The molecule has 3 heterocycles. The molecule has 4 rings (SSSR count). The molecular weight excluding hydrogens is 374 g/mol. The molecule has 0 aliphatic carbocycles. The van der Waals surface area contributed by atoms with Crippen molar-refractivity contribution in [1.29, 1.82) is 0 Å². The van der Waals surface area contributed by atoms with E-state index in [-0.39, 0.29) is 0 Å². The minimum Gasteiger partial charge on any atom is -0.493 e. The molecule has 0 saturated carbocycles. The summed E-state index contributed by atoms with van der Waals surface area (Å²) in [6, 6.07) is 7.22. The lowest BCUT2D eigenvalue weighted by Crippen LogP contribution is -2.05. The fourth-order valence-corrected chi connectivity index (χ4v) is 3.22. The Balaban J connectivity index is 1.88. The zero-order valence-corrected chi connectivity index (χ0v) is 16.8. The van der Waals surface area contributed by atoms with Crippen molar-refractivity contribution >= 4 is 17.0 Å². The number of fused-ring (bicyclic) bond motifs is 1. The van der Waals surface area contributed by atoms with E-state index in [4.69, 9.17) is 18.6 Å². The fraction of sp³-hybridized carbons (Fsp3) is 0.250. The monoisotopic (exact) mass is 395 g/mol. The van der Waals surface area contributed by atoms with Crippen LogP contribution in [-0.4, -0.2) is 40.9 Å². The predicted octanol–water partition coefficient (Wildman–Crippen LogP) is 3.77. The first-order chi connectivity index (χ1) is 14.0. The third-order valence-electron chi connectivity index (χ3n) is 4.50. The van der Waals surface area contributed by atoms with Gasteiger partial charge in [0, 0.05) is 17.8 Å². The highest BCUT2D eigenvalue weighted by Gasteiger charge is 2.19. The van der Waals surface area contributed by atoms with E-state index in [1.807, 2.05) is 32.0 Å². The second-order valence-corrected chi connectivity index (χ2v) is 6.31. The van der Waals surface area contributed by atoms with Crippen LogP contribution < -0.4 is 19.5 Å². The maximum Gasteiger partial charge on any atom is 0.217 e. The molecule has 29 heavy (non-hydrogen) atoms. The van der Waals surface area contributed by atoms with Crippen LogP contribution in [0.1, 0.15) is 11.5 Å². The van der Waals surface area contributed by atoms with Crippen LogP contribution >= 0.6 is 0 Å². The molecule has 0 aliphatic rings. The molecule has 0 bridgehead atoms. The molecule has 0 atom stereocenters.